The molecule has 24 heavy (non-hydrogen) atoms. The molecule has 0 saturated carbocycles. The Hall–Kier alpha value is -2.49. The summed E-state index contributed by atoms with van der Waals surface area (Å²) in [7, 11) is 0. The van der Waals surface area contributed by atoms with Crippen molar-refractivity contribution in [2.24, 2.45) is 5.92 Å². The summed E-state index contributed by atoms with van der Waals surface area (Å²) < 4.78 is 0. The van der Waals surface area contributed by atoms with Gasteiger partial charge in [0.25, 0.3) is 0 Å². The van der Waals surface area contributed by atoms with Crippen LogP contribution < -0.4 is 0 Å². The van der Waals surface area contributed by atoms with Gasteiger partial charge in [0.15, 0.2) is 5.82 Å². The first-order valence-electron chi connectivity index (χ1n) is 8.62. The van der Waals surface area contributed by atoms with Crippen molar-refractivity contribution in [1.82, 2.24) is 20.6 Å². The Morgan fingerprint density at radius 2 is 1.54 bits per heavy atom. The van der Waals surface area contributed by atoms with E-state index in [0.717, 1.165) is 25.1 Å². The predicted molar refractivity (Wildman–Crippen MR) is 93.8 cm³/mol. The lowest BCUT2D eigenvalue weighted by atomic mass is 9.67. The van der Waals surface area contributed by atoms with Gasteiger partial charge in [0, 0.05) is 0 Å². The van der Waals surface area contributed by atoms with E-state index in [1.54, 1.807) is 0 Å². The fourth-order valence-electron chi connectivity index (χ4n) is 4.23. The number of benzene rings is 2. The smallest absolute Gasteiger partial charge is 0.177 e. The summed E-state index contributed by atoms with van der Waals surface area (Å²) >= 11 is 0. The van der Waals surface area contributed by atoms with Gasteiger partial charge in [-0.2, -0.15) is 5.21 Å². The monoisotopic (exact) mass is 318 g/mol. The highest BCUT2D eigenvalue weighted by atomic mass is 15.5. The van der Waals surface area contributed by atoms with Crippen molar-refractivity contribution in [3.05, 3.63) is 76.6 Å². The highest BCUT2D eigenvalue weighted by molar-refractivity contribution is 5.54. The molecule has 0 aliphatic heterocycles. The Bertz CT molecular complexity index is 789. The third kappa shape index (κ3) is 2.25. The summed E-state index contributed by atoms with van der Waals surface area (Å²) in [6, 6.07) is 17.5. The molecule has 0 radical (unpaired) electrons. The molecule has 1 N–H and O–H groups in total. The lowest BCUT2D eigenvalue weighted by Gasteiger charge is -2.35. The number of aryl methyl sites for hydroxylation is 2. The van der Waals surface area contributed by atoms with Gasteiger partial charge in [-0.05, 0) is 47.4 Å². The van der Waals surface area contributed by atoms with Crippen LogP contribution in [0, 0.1) is 5.92 Å². The van der Waals surface area contributed by atoms with E-state index < -0.39 is 0 Å². The number of nitrogens with one attached hydrogen (secondary N) is 1. The van der Waals surface area contributed by atoms with Gasteiger partial charge in [-0.25, -0.2) is 0 Å². The molecule has 4 rings (SSSR count). The maximum Gasteiger partial charge on any atom is 0.189 e. The van der Waals surface area contributed by atoms with Gasteiger partial charge in [0.05, 0.1) is 5.41 Å². The minimum atomic E-state index is -0.342. The third-order valence-corrected chi connectivity index (χ3v) is 5.06. The molecule has 0 unspecified atom stereocenters. The number of fused-ring (bicyclic) bond motifs is 2. The molecular formula is C20H22N4. The van der Waals surface area contributed by atoms with E-state index in [2.05, 4.69) is 83.0 Å². The molecule has 0 saturated heterocycles. The normalized spacial score (nSPS) is 15.6. The number of hydrogen-bond acceptors (Lipinski definition) is 3. The number of rotatable bonds is 3. The molecule has 4 nitrogen and oxygen atoms in total. The van der Waals surface area contributed by atoms with Crippen LogP contribution >= 0.6 is 0 Å². The first kappa shape index (κ1) is 15.1. The number of hydrogen-bond donors (Lipinski definition) is 1. The van der Waals surface area contributed by atoms with Gasteiger partial charge < -0.3 is 0 Å². The molecule has 4 heteroatoms. The van der Waals surface area contributed by atoms with Crippen molar-refractivity contribution in [2.75, 3.05) is 0 Å². The standard InChI is InChI=1S/C20H22N4/c1-14(2)13-20(19-21-23-24-22-19)17-9-5-3-7-15(17)11-12-16-8-4-6-10-18(16)20/h3-10,14H,11-13H2,1-2H3,(H,21,22,23,24). The van der Waals surface area contributed by atoms with E-state index in [4.69, 9.17) is 0 Å². The summed E-state index contributed by atoms with van der Waals surface area (Å²) in [4.78, 5) is 0. The summed E-state index contributed by atoms with van der Waals surface area (Å²) in [5.74, 6) is 1.28. The number of H-pyrrole nitrogens is 1. The zero-order valence-corrected chi connectivity index (χ0v) is 14.2. The Kier molecular flexibility index (Phi) is 3.68. The minimum absolute atomic E-state index is 0.342. The Morgan fingerprint density at radius 1 is 0.958 bits per heavy atom. The highest BCUT2D eigenvalue weighted by Crippen LogP contribution is 2.47. The van der Waals surface area contributed by atoms with Crippen LogP contribution in [0.5, 0.6) is 0 Å². The second kappa shape index (κ2) is 5.86. The van der Waals surface area contributed by atoms with Gasteiger partial charge in [-0.15, -0.1) is 10.2 Å². The summed E-state index contributed by atoms with van der Waals surface area (Å²) in [6.45, 7) is 4.52. The number of tetrazole rings is 1. The molecule has 2 aromatic carbocycles. The van der Waals surface area contributed by atoms with Gasteiger partial charge >= 0.3 is 0 Å². The number of aromatic amines is 1. The number of nitrogens with zero attached hydrogens (tertiary/aromatic N) is 3. The largest absolute Gasteiger partial charge is 0.189 e. The lowest BCUT2D eigenvalue weighted by molar-refractivity contribution is 0.434. The predicted octanol–water partition coefficient (Wildman–Crippen LogP) is 3.68. The van der Waals surface area contributed by atoms with E-state index in [9.17, 15) is 0 Å². The molecule has 0 fully saturated rings. The van der Waals surface area contributed by atoms with Crippen LogP contribution in [0.25, 0.3) is 0 Å². The average molecular weight is 318 g/mol. The fourth-order valence-corrected chi connectivity index (χ4v) is 4.23. The van der Waals surface area contributed by atoms with Crippen LogP contribution in [0.2, 0.25) is 0 Å². The zero-order valence-electron chi connectivity index (χ0n) is 14.2. The van der Waals surface area contributed by atoms with E-state index in [0.29, 0.717) is 5.92 Å². The molecule has 0 bridgehead atoms. The average Bonchev–Trinajstić information content (AvgIpc) is 3.09. The first-order valence-corrected chi connectivity index (χ1v) is 8.62. The highest BCUT2D eigenvalue weighted by Gasteiger charge is 2.44. The Balaban J connectivity index is 2.10. The van der Waals surface area contributed by atoms with E-state index >= 15 is 0 Å². The SMILES string of the molecule is CC(C)CC1(c2nn[nH]n2)c2ccccc2CCc2ccccc21. The molecule has 3 aromatic rings. The van der Waals surface area contributed by atoms with Crippen LogP contribution in [0.1, 0.15) is 48.3 Å². The van der Waals surface area contributed by atoms with Gasteiger partial charge in [0.2, 0.25) is 0 Å². The maximum absolute atomic E-state index is 4.46. The molecule has 0 amide bonds. The lowest BCUT2D eigenvalue weighted by Crippen LogP contribution is -2.34. The van der Waals surface area contributed by atoms with E-state index in [1.807, 2.05) is 0 Å². The van der Waals surface area contributed by atoms with E-state index in [1.165, 1.54) is 22.3 Å². The maximum atomic E-state index is 4.46. The first-order chi connectivity index (χ1) is 11.7. The van der Waals surface area contributed by atoms with Crippen molar-refractivity contribution in [2.45, 2.75) is 38.5 Å². The van der Waals surface area contributed by atoms with Gasteiger partial charge in [0.1, 0.15) is 0 Å². The van der Waals surface area contributed by atoms with Gasteiger partial charge in [-0.1, -0.05) is 67.6 Å². The molecule has 1 aromatic heterocycles. The number of aromatic nitrogens is 4. The Morgan fingerprint density at radius 3 is 2.04 bits per heavy atom. The third-order valence-electron chi connectivity index (χ3n) is 5.06. The van der Waals surface area contributed by atoms with Crippen molar-refractivity contribution >= 4 is 0 Å². The van der Waals surface area contributed by atoms with Crippen LogP contribution in [0.15, 0.2) is 48.5 Å². The van der Waals surface area contributed by atoms with Crippen molar-refractivity contribution < 1.29 is 0 Å². The second-order valence-corrected chi connectivity index (χ2v) is 7.05. The fraction of sp³-hybridized carbons (Fsp3) is 0.350. The summed E-state index contributed by atoms with van der Waals surface area (Å²) in [5, 5.41) is 15.5. The van der Waals surface area contributed by atoms with Crippen molar-refractivity contribution in [3.63, 3.8) is 0 Å². The van der Waals surface area contributed by atoms with Gasteiger partial charge in [-0.3, -0.25) is 0 Å². The summed E-state index contributed by atoms with van der Waals surface area (Å²) in [6.07, 6.45) is 3.05. The van der Waals surface area contributed by atoms with Crippen LogP contribution in [-0.2, 0) is 18.3 Å². The topological polar surface area (TPSA) is 54.5 Å². The molecular weight excluding hydrogens is 296 g/mol. The van der Waals surface area contributed by atoms with Crippen molar-refractivity contribution in [3.8, 4) is 0 Å². The summed E-state index contributed by atoms with van der Waals surface area (Å²) in [5.41, 5.74) is 5.08. The molecule has 0 atom stereocenters. The molecule has 0 spiro atoms. The zero-order chi connectivity index (χ0) is 16.6. The molecule has 122 valence electrons. The van der Waals surface area contributed by atoms with Crippen molar-refractivity contribution in [1.29, 1.82) is 0 Å². The quantitative estimate of drug-likeness (QED) is 0.801. The van der Waals surface area contributed by atoms with Crippen LogP contribution in [-0.4, -0.2) is 20.6 Å². The van der Waals surface area contributed by atoms with Crippen LogP contribution in [0.4, 0.5) is 0 Å². The van der Waals surface area contributed by atoms with Crippen LogP contribution in [0.3, 0.4) is 0 Å². The molecule has 1 heterocycles. The minimum Gasteiger partial charge on any atom is -0.177 e. The molecule has 1 aliphatic rings. The Labute approximate surface area is 142 Å². The van der Waals surface area contributed by atoms with E-state index in [-0.39, 0.29) is 5.41 Å². The second-order valence-electron chi connectivity index (χ2n) is 7.05. The molecule has 1 aliphatic carbocycles.